The minimum atomic E-state index is 0.405. The molecule has 3 heteroatoms. The number of nitrogens with one attached hydrogen (secondary N) is 1. The van der Waals surface area contributed by atoms with Gasteiger partial charge < -0.3 is 10.2 Å². The Morgan fingerprint density at radius 2 is 1.74 bits per heavy atom. The molecule has 0 aliphatic carbocycles. The SMILES string of the molecule is Brc1ccccc1N1CCNC(c2ccccc2)C1. The van der Waals surface area contributed by atoms with Crippen LogP contribution in [0.25, 0.3) is 0 Å². The first-order valence-corrected chi connectivity index (χ1v) is 7.42. The predicted molar refractivity (Wildman–Crippen MR) is 83.5 cm³/mol. The van der Waals surface area contributed by atoms with Gasteiger partial charge in [0.05, 0.1) is 5.69 Å². The topological polar surface area (TPSA) is 15.3 Å². The van der Waals surface area contributed by atoms with Crippen LogP contribution in [-0.2, 0) is 0 Å². The molecule has 0 bridgehead atoms. The summed E-state index contributed by atoms with van der Waals surface area (Å²) in [6.07, 6.45) is 0. The van der Waals surface area contributed by atoms with E-state index in [0.717, 1.165) is 19.6 Å². The summed E-state index contributed by atoms with van der Waals surface area (Å²) in [4.78, 5) is 2.44. The lowest BCUT2D eigenvalue weighted by atomic mass is 10.0. The summed E-state index contributed by atoms with van der Waals surface area (Å²) in [7, 11) is 0. The van der Waals surface area contributed by atoms with Gasteiger partial charge in [-0.3, -0.25) is 0 Å². The van der Waals surface area contributed by atoms with Crippen molar-refractivity contribution in [2.45, 2.75) is 6.04 Å². The summed E-state index contributed by atoms with van der Waals surface area (Å²) in [5.41, 5.74) is 2.64. The Labute approximate surface area is 122 Å². The lowest BCUT2D eigenvalue weighted by Crippen LogP contribution is -2.46. The van der Waals surface area contributed by atoms with Crippen LogP contribution in [0.2, 0.25) is 0 Å². The van der Waals surface area contributed by atoms with E-state index in [-0.39, 0.29) is 0 Å². The molecule has 2 aromatic carbocycles. The summed E-state index contributed by atoms with van der Waals surface area (Å²) < 4.78 is 1.17. The quantitative estimate of drug-likeness (QED) is 0.910. The van der Waals surface area contributed by atoms with E-state index in [1.807, 2.05) is 0 Å². The van der Waals surface area contributed by atoms with Gasteiger partial charge in [0.15, 0.2) is 0 Å². The summed E-state index contributed by atoms with van der Waals surface area (Å²) in [6.45, 7) is 3.07. The number of nitrogens with zero attached hydrogens (tertiary/aromatic N) is 1. The molecule has 1 unspecified atom stereocenters. The monoisotopic (exact) mass is 316 g/mol. The van der Waals surface area contributed by atoms with E-state index >= 15 is 0 Å². The number of hydrogen-bond acceptors (Lipinski definition) is 2. The molecular formula is C16H17BrN2. The second-order valence-electron chi connectivity index (χ2n) is 4.81. The first-order valence-electron chi connectivity index (χ1n) is 6.62. The number of halogens is 1. The van der Waals surface area contributed by atoms with Crippen molar-refractivity contribution in [1.29, 1.82) is 0 Å². The number of piperazine rings is 1. The molecule has 1 atom stereocenters. The third-order valence-electron chi connectivity index (χ3n) is 3.57. The maximum atomic E-state index is 3.65. The lowest BCUT2D eigenvalue weighted by Gasteiger charge is -2.36. The van der Waals surface area contributed by atoms with Crippen molar-refractivity contribution in [3.63, 3.8) is 0 Å². The minimum Gasteiger partial charge on any atom is -0.367 e. The van der Waals surface area contributed by atoms with Crippen LogP contribution in [0.5, 0.6) is 0 Å². The molecule has 1 fully saturated rings. The first-order chi connectivity index (χ1) is 9.34. The molecule has 1 aliphatic rings. The molecule has 0 spiro atoms. The Bertz CT molecular complexity index is 541. The van der Waals surface area contributed by atoms with Gasteiger partial charge in [0, 0.05) is 30.1 Å². The Kier molecular flexibility index (Phi) is 3.85. The lowest BCUT2D eigenvalue weighted by molar-refractivity contribution is 0.471. The first kappa shape index (κ1) is 12.7. The summed E-state index contributed by atoms with van der Waals surface area (Å²) in [6, 6.07) is 19.5. The van der Waals surface area contributed by atoms with Crippen molar-refractivity contribution in [3.8, 4) is 0 Å². The van der Waals surface area contributed by atoms with E-state index in [0.29, 0.717) is 6.04 Å². The predicted octanol–water partition coefficient (Wildman–Crippen LogP) is 3.60. The van der Waals surface area contributed by atoms with Gasteiger partial charge in [-0.25, -0.2) is 0 Å². The van der Waals surface area contributed by atoms with Crippen LogP contribution in [-0.4, -0.2) is 19.6 Å². The minimum absolute atomic E-state index is 0.405. The highest BCUT2D eigenvalue weighted by Gasteiger charge is 2.21. The van der Waals surface area contributed by atoms with Crippen LogP contribution in [0.1, 0.15) is 11.6 Å². The van der Waals surface area contributed by atoms with Gasteiger partial charge in [-0.15, -0.1) is 0 Å². The molecule has 1 heterocycles. The standard InChI is InChI=1S/C16H17BrN2/c17-14-8-4-5-9-16(14)19-11-10-18-15(12-19)13-6-2-1-3-7-13/h1-9,15,18H,10-12H2. The van der Waals surface area contributed by atoms with Crippen molar-refractivity contribution < 1.29 is 0 Å². The van der Waals surface area contributed by atoms with Gasteiger partial charge in [-0.2, -0.15) is 0 Å². The molecule has 1 aliphatic heterocycles. The normalized spacial score (nSPS) is 19.4. The summed E-state index contributed by atoms with van der Waals surface area (Å²) in [5.74, 6) is 0. The highest BCUT2D eigenvalue weighted by atomic mass is 79.9. The molecule has 1 saturated heterocycles. The fourth-order valence-electron chi connectivity index (χ4n) is 2.59. The van der Waals surface area contributed by atoms with Crippen LogP contribution in [0, 0.1) is 0 Å². The fraction of sp³-hybridized carbons (Fsp3) is 0.250. The molecule has 0 aromatic heterocycles. The van der Waals surface area contributed by atoms with Crippen molar-refractivity contribution in [3.05, 3.63) is 64.6 Å². The zero-order valence-electron chi connectivity index (χ0n) is 10.7. The number of hydrogen-bond donors (Lipinski definition) is 1. The Hall–Kier alpha value is -1.32. The second-order valence-corrected chi connectivity index (χ2v) is 5.67. The Morgan fingerprint density at radius 3 is 2.53 bits per heavy atom. The fourth-order valence-corrected chi connectivity index (χ4v) is 3.12. The molecular weight excluding hydrogens is 300 g/mol. The van der Waals surface area contributed by atoms with Crippen LogP contribution in [0.3, 0.4) is 0 Å². The highest BCUT2D eigenvalue weighted by Crippen LogP contribution is 2.28. The number of anilines is 1. The molecule has 0 saturated carbocycles. The van der Waals surface area contributed by atoms with Gasteiger partial charge in [-0.05, 0) is 33.6 Å². The van der Waals surface area contributed by atoms with Crippen molar-refractivity contribution in [2.24, 2.45) is 0 Å². The van der Waals surface area contributed by atoms with Gasteiger partial charge in [0.25, 0.3) is 0 Å². The van der Waals surface area contributed by atoms with Gasteiger partial charge in [-0.1, -0.05) is 42.5 Å². The van der Waals surface area contributed by atoms with Crippen LogP contribution < -0.4 is 10.2 Å². The second kappa shape index (κ2) is 5.76. The average Bonchev–Trinajstić information content (AvgIpc) is 2.49. The van der Waals surface area contributed by atoms with E-state index in [9.17, 15) is 0 Å². The maximum Gasteiger partial charge on any atom is 0.0511 e. The molecule has 19 heavy (non-hydrogen) atoms. The van der Waals surface area contributed by atoms with Gasteiger partial charge >= 0.3 is 0 Å². The zero-order chi connectivity index (χ0) is 13.1. The summed E-state index contributed by atoms with van der Waals surface area (Å²) >= 11 is 3.65. The number of benzene rings is 2. The zero-order valence-corrected chi connectivity index (χ0v) is 12.3. The van der Waals surface area contributed by atoms with Gasteiger partial charge in [0.2, 0.25) is 0 Å². The number of para-hydroxylation sites is 1. The third kappa shape index (κ3) is 2.82. The van der Waals surface area contributed by atoms with E-state index in [4.69, 9.17) is 0 Å². The average molecular weight is 317 g/mol. The largest absolute Gasteiger partial charge is 0.367 e. The smallest absolute Gasteiger partial charge is 0.0511 e. The molecule has 2 aromatic rings. The van der Waals surface area contributed by atoms with Crippen LogP contribution >= 0.6 is 15.9 Å². The third-order valence-corrected chi connectivity index (χ3v) is 4.24. The molecule has 98 valence electrons. The van der Waals surface area contributed by atoms with Crippen LogP contribution in [0.4, 0.5) is 5.69 Å². The molecule has 1 N–H and O–H groups in total. The number of rotatable bonds is 2. The summed E-state index contributed by atoms with van der Waals surface area (Å²) in [5, 5.41) is 3.60. The van der Waals surface area contributed by atoms with Crippen LogP contribution in [0.15, 0.2) is 59.1 Å². The Morgan fingerprint density at radius 1 is 1.00 bits per heavy atom. The van der Waals surface area contributed by atoms with E-state index in [1.54, 1.807) is 0 Å². The van der Waals surface area contributed by atoms with E-state index in [1.165, 1.54) is 15.7 Å². The Balaban J connectivity index is 1.81. The van der Waals surface area contributed by atoms with E-state index < -0.39 is 0 Å². The van der Waals surface area contributed by atoms with Gasteiger partial charge in [0.1, 0.15) is 0 Å². The van der Waals surface area contributed by atoms with Crippen molar-refractivity contribution in [2.75, 3.05) is 24.5 Å². The molecule has 3 rings (SSSR count). The van der Waals surface area contributed by atoms with Crippen molar-refractivity contribution in [1.82, 2.24) is 5.32 Å². The van der Waals surface area contributed by atoms with E-state index in [2.05, 4.69) is 80.7 Å². The van der Waals surface area contributed by atoms with Crippen molar-refractivity contribution >= 4 is 21.6 Å². The maximum absolute atomic E-state index is 3.65. The molecule has 0 amide bonds. The highest BCUT2D eigenvalue weighted by molar-refractivity contribution is 9.10. The molecule has 0 radical (unpaired) electrons. The molecule has 2 nitrogen and oxygen atoms in total.